The van der Waals surface area contributed by atoms with Crippen molar-refractivity contribution in [3.63, 3.8) is 0 Å². The Morgan fingerprint density at radius 3 is 2.45 bits per heavy atom. The molecule has 104 valence electrons. The standard InChI is InChI=1S/C15H14Cl2N2O/c1-10(11-6-3-2-4-7-11)18-15(20)19-13-9-5-8-12(16)14(13)17/h2-10H,1H3,(H2,18,19,20). The predicted molar refractivity (Wildman–Crippen MR) is 83.5 cm³/mol. The number of carbonyl (C=O) groups excluding carboxylic acids is 1. The van der Waals surface area contributed by atoms with Crippen molar-refractivity contribution in [3.8, 4) is 0 Å². The number of hydrogen-bond acceptors (Lipinski definition) is 1. The maximum absolute atomic E-state index is 11.9. The maximum Gasteiger partial charge on any atom is 0.319 e. The molecule has 0 saturated heterocycles. The molecule has 3 nitrogen and oxygen atoms in total. The summed E-state index contributed by atoms with van der Waals surface area (Å²) in [4.78, 5) is 11.9. The van der Waals surface area contributed by atoms with Gasteiger partial charge in [-0.15, -0.1) is 0 Å². The lowest BCUT2D eigenvalue weighted by molar-refractivity contribution is 0.249. The van der Waals surface area contributed by atoms with Crippen LogP contribution in [0.2, 0.25) is 10.0 Å². The molecule has 0 fully saturated rings. The Bertz CT molecular complexity index is 602. The fourth-order valence-electron chi connectivity index (χ4n) is 1.78. The van der Waals surface area contributed by atoms with E-state index in [1.165, 1.54) is 0 Å². The van der Waals surface area contributed by atoms with Gasteiger partial charge in [-0.3, -0.25) is 0 Å². The summed E-state index contributed by atoms with van der Waals surface area (Å²) >= 11 is 11.9. The number of carbonyl (C=O) groups is 1. The summed E-state index contributed by atoms with van der Waals surface area (Å²) in [5.74, 6) is 0. The number of nitrogens with one attached hydrogen (secondary N) is 2. The fraction of sp³-hybridized carbons (Fsp3) is 0.133. The molecule has 20 heavy (non-hydrogen) atoms. The van der Waals surface area contributed by atoms with Gasteiger partial charge < -0.3 is 10.6 Å². The Labute approximate surface area is 127 Å². The molecular weight excluding hydrogens is 295 g/mol. The minimum absolute atomic E-state index is 0.103. The zero-order chi connectivity index (χ0) is 14.5. The van der Waals surface area contributed by atoms with Crippen molar-refractivity contribution in [2.45, 2.75) is 13.0 Å². The highest BCUT2D eigenvalue weighted by atomic mass is 35.5. The molecule has 1 unspecified atom stereocenters. The van der Waals surface area contributed by atoms with Crippen molar-refractivity contribution < 1.29 is 4.79 Å². The largest absolute Gasteiger partial charge is 0.331 e. The molecule has 2 aromatic carbocycles. The number of halogens is 2. The summed E-state index contributed by atoms with van der Waals surface area (Å²) in [7, 11) is 0. The molecule has 0 aliphatic rings. The van der Waals surface area contributed by atoms with E-state index in [4.69, 9.17) is 23.2 Å². The maximum atomic E-state index is 11.9. The highest BCUT2D eigenvalue weighted by Crippen LogP contribution is 2.29. The van der Waals surface area contributed by atoms with Gasteiger partial charge in [-0.25, -0.2) is 4.79 Å². The van der Waals surface area contributed by atoms with Crippen LogP contribution in [0.4, 0.5) is 10.5 Å². The zero-order valence-corrected chi connectivity index (χ0v) is 12.4. The van der Waals surface area contributed by atoms with E-state index >= 15 is 0 Å². The van der Waals surface area contributed by atoms with Crippen LogP contribution < -0.4 is 10.6 Å². The van der Waals surface area contributed by atoms with Gasteiger partial charge in [0, 0.05) is 0 Å². The van der Waals surface area contributed by atoms with E-state index in [0.717, 1.165) is 5.56 Å². The van der Waals surface area contributed by atoms with E-state index in [9.17, 15) is 4.79 Å². The van der Waals surface area contributed by atoms with E-state index in [1.807, 2.05) is 37.3 Å². The SMILES string of the molecule is CC(NC(=O)Nc1cccc(Cl)c1Cl)c1ccccc1. The summed E-state index contributed by atoms with van der Waals surface area (Å²) < 4.78 is 0. The topological polar surface area (TPSA) is 41.1 Å². The molecule has 0 aliphatic carbocycles. The first-order chi connectivity index (χ1) is 9.58. The molecule has 2 rings (SSSR count). The van der Waals surface area contributed by atoms with Crippen molar-refractivity contribution in [1.82, 2.24) is 5.32 Å². The lowest BCUT2D eigenvalue weighted by Crippen LogP contribution is -2.31. The van der Waals surface area contributed by atoms with Crippen molar-refractivity contribution in [1.29, 1.82) is 0 Å². The van der Waals surface area contributed by atoms with Gasteiger partial charge in [0.25, 0.3) is 0 Å². The lowest BCUT2D eigenvalue weighted by Gasteiger charge is -2.15. The third-order valence-electron chi connectivity index (χ3n) is 2.85. The number of benzene rings is 2. The molecule has 2 N–H and O–H groups in total. The van der Waals surface area contributed by atoms with Gasteiger partial charge in [0.2, 0.25) is 0 Å². The highest BCUT2D eigenvalue weighted by molar-refractivity contribution is 6.43. The monoisotopic (exact) mass is 308 g/mol. The molecule has 0 bridgehead atoms. The smallest absolute Gasteiger partial charge is 0.319 e. The average Bonchev–Trinajstić information content (AvgIpc) is 2.45. The molecule has 2 aromatic rings. The normalized spacial score (nSPS) is 11.8. The van der Waals surface area contributed by atoms with E-state index in [1.54, 1.807) is 18.2 Å². The summed E-state index contributed by atoms with van der Waals surface area (Å²) in [5.41, 5.74) is 1.51. The predicted octanol–water partition coefficient (Wildman–Crippen LogP) is 4.88. The molecule has 2 amide bonds. The van der Waals surface area contributed by atoms with Gasteiger partial charge in [-0.05, 0) is 24.6 Å². The summed E-state index contributed by atoms with van der Waals surface area (Å²) in [6, 6.07) is 14.4. The number of rotatable bonds is 3. The van der Waals surface area contributed by atoms with Crippen LogP contribution in [0.5, 0.6) is 0 Å². The van der Waals surface area contributed by atoms with E-state index in [0.29, 0.717) is 15.7 Å². The molecule has 0 heterocycles. The third kappa shape index (κ3) is 3.65. The minimum Gasteiger partial charge on any atom is -0.331 e. The zero-order valence-electron chi connectivity index (χ0n) is 10.9. The van der Waals surface area contributed by atoms with Crippen molar-refractivity contribution in [3.05, 3.63) is 64.1 Å². The summed E-state index contributed by atoms with van der Waals surface area (Å²) in [6.07, 6.45) is 0. The lowest BCUT2D eigenvalue weighted by atomic mass is 10.1. The molecule has 0 spiro atoms. The molecule has 0 saturated carbocycles. The van der Waals surface area contributed by atoms with E-state index < -0.39 is 0 Å². The fourth-order valence-corrected chi connectivity index (χ4v) is 2.13. The van der Waals surface area contributed by atoms with Crippen molar-refractivity contribution in [2.24, 2.45) is 0 Å². The van der Waals surface area contributed by atoms with Crippen LogP contribution in [0.3, 0.4) is 0 Å². The average molecular weight is 309 g/mol. The summed E-state index contributed by atoms with van der Waals surface area (Å²) in [5, 5.41) is 6.26. The van der Waals surface area contributed by atoms with Gasteiger partial charge in [-0.2, -0.15) is 0 Å². The van der Waals surface area contributed by atoms with Gasteiger partial charge in [0.15, 0.2) is 0 Å². The number of hydrogen-bond donors (Lipinski definition) is 2. The van der Waals surface area contributed by atoms with E-state index in [2.05, 4.69) is 10.6 Å². The van der Waals surface area contributed by atoms with Crippen molar-refractivity contribution in [2.75, 3.05) is 5.32 Å². The third-order valence-corrected chi connectivity index (χ3v) is 3.67. The van der Waals surface area contributed by atoms with Gasteiger partial charge in [-0.1, -0.05) is 59.6 Å². The molecule has 1 atom stereocenters. The second kappa shape index (κ2) is 6.64. The Morgan fingerprint density at radius 1 is 1.05 bits per heavy atom. The quantitative estimate of drug-likeness (QED) is 0.834. The molecule has 5 heteroatoms. The molecule has 0 aliphatic heterocycles. The van der Waals surface area contributed by atoms with Crippen LogP contribution in [0.25, 0.3) is 0 Å². The molecular formula is C15H14Cl2N2O. The van der Waals surface area contributed by atoms with Crippen molar-refractivity contribution >= 4 is 34.9 Å². The first-order valence-electron chi connectivity index (χ1n) is 6.14. The first-order valence-corrected chi connectivity index (χ1v) is 6.90. The van der Waals surface area contributed by atoms with Crippen LogP contribution in [0.15, 0.2) is 48.5 Å². The Kier molecular flexibility index (Phi) is 4.88. The van der Waals surface area contributed by atoms with Gasteiger partial charge >= 0.3 is 6.03 Å². The number of anilines is 1. The Morgan fingerprint density at radius 2 is 1.75 bits per heavy atom. The van der Waals surface area contributed by atoms with Gasteiger partial charge in [0.05, 0.1) is 21.8 Å². The highest BCUT2D eigenvalue weighted by Gasteiger charge is 2.11. The number of amides is 2. The summed E-state index contributed by atoms with van der Waals surface area (Å²) in [6.45, 7) is 1.91. The minimum atomic E-state index is -0.328. The van der Waals surface area contributed by atoms with Crippen LogP contribution in [0, 0.1) is 0 Å². The number of urea groups is 1. The second-order valence-corrected chi connectivity index (χ2v) is 5.12. The van der Waals surface area contributed by atoms with Gasteiger partial charge in [0.1, 0.15) is 0 Å². The first kappa shape index (κ1) is 14.7. The molecule has 0 aromatic heterocycles. The van der Waals surface area contributed by atoms with Crippen LogP contribution >= 0.6 is 23.2 Å². The molecule has 0 radical (unpaired) electrons. The van der Waals surface area contributed by atoms with Crippen LogP contribution in [-0.2, 0) is 0 Å². The van der Waals surface area contributed by atoms with Crippen LogP contribution in [0.1, 0.15) is 18.5 Å². The second-order valence-electron chi connectivity index (χ2n) is 4.33. The van der Waals surface area contributed by atoms with E-state index in [-0.39, 0.29) is 12.1 Å². The Hall–Kier alpha value is -1.71. The van der Waals surface area contributed by atoms with Crippen LogP contribution in [-0.4, -0.2) is 6.03 Å². The Balaban J connectivity index is 2.01.